The van der Waals surface area contributed by atoms with Crippen molar-refractivity contribution in [1.29, 1.82) is 0 Å². The number of allylic oxidation sites excluding steroid dienone is 2. The number of rotatable bonds is 0. The Morgan fingerprint density at radius 2 is 1.71 bits per heavy atom. The molecule has 0 saturated heterocycles. The molecule has 0 unspecified atom stereocenters. The van der Waals surface area contributed by atoms with E-state index in [1.165, 1.54) is 4.57 Å². The predicted octanol–water partition coefficient (Wildman–Crippen LogP) is -0.535. The van der Waals surface area contributed by atoms with E-state index in [0.717, 1.165) is 0 Å². The van der Waals surface area contributed by atoms with Crippen LogP contribution in [0.25, 0.3) is 0 Å². The van der Waals surface area contributed by atoms with Crippen LogP contribution in [0.5, 0.6) is 0 Å². The fourth-order valence-electron chi connectivity index (χ4n) is 7.67. The van der Waals surface area contributed by atoms with Gasteiger partial charge in [-0.2, -0.15) is 0 Å². The minimum Gasteiger partial charge on any atom is -0.295 e. The van der Waals surface area contributed by atoms with Crippen molar-refractivity contribution in [3.8, 4) is 0 Å². The van der Waals surface area contributed by atoms with Crippen LogP contribution < -0.4 is 11.4 Å². The zero-order chi connectivity index (χ0) is 14.0. The highest BCUT2D eigenvalue weighted by Gasteiger charge is 3.03. The van der Waals surface area contributed by atoms with Crippen molar-refractivity contribution in [1.82, 2.24) is 13.9 Å². The Labute approximate surface area is 118 Å². The third kappa shape index (κ3) is 0.582. The molecule has 4 fully saturated rings. The lowest BCUT2D eigenvalue weighted by atomic mass is 9.67. The van der Waals surface area contributed by atoms with Gasteiger partial charge in [0.25, 0.3) is 0 Å². The molecule has 1 aromatic heterocycles. The van der Waals surface area contributed by atoms with Gasteiger partial charge in [-0.25, -0.2) is 23.5 Å². The zero-order valence-corrected chi connectivity index (χ0v) is 11.4. The molecule has 6 nitrogen and oxygen atoms in total. The second-order valence-electron chi connectivity index (χ2n) is 7.86. The Hall–Kier alpha value is -1.85. The summed E-state index contributed by atoms with van der Waals surface area (Å²) >= 11 is 0. The maximum atomic E-state index is 12.5. The second-order valence-corrected chi connectivity index (χ2v) is 7.86. The standard InChI is InChI=1S/C15H13N3O3/c1-16-12(20)17-10-7-6-8(7)11(18(17)13(16)21)15-4-5(19)2-3-14(10,15)9(6)15/h2-3,6-11H,4H2,1H3/t6-,7+,8+,9+,10+,11-,14+,15-/m1/s1. The molecule has 3 heterocycles. The molecule has 106 valence electrons. The molecule has 5 aliphatic carbocycles. The zero-order valence-electron chi connectivity index (χ0n) is 11.4. The van der Waals surface area contributed by atoms with Gasteiger partial charge in [-0.15, -0.1) is 0 Å². The highest BCUT2D eigenvalue weighted by atomic mass is 16.2. The number of hydrogen-bond acceptors (Lipinski definition) is 3. The first-order valence-corrected chi connectivity index (χ1v) is 7.69. The highest BCUT2D eigenvalue weighted by molar-refractivity contribution is 5.93. The molecule has 2 bridgehead atoms. The quantitative estimate of drug-likeness (QED) is 0.642. The van der Waals surface area contributed by atoms with E-state index < -0.39 is 0 Å². The van der Waals surface area contributed by atoms with Gasteiger partial charge in [0.2, 0.25) is 0 Å². The van der Waals surface area contributed by atoms with Gasteiger partial charge in [0.05, 0.1) is 12.1 Å². The monoisotopic (exact) mass is 283 g/mol. The molecule has 7 aliphatic rings. The number of carbonyl (C=O) groups excluding carboxylic acids is 1. The van der Waals surface area contributed by atoms with E-state index in [9.17, 15) is 14.4 Å². The number of nitrogens with zero attached hydrogens (tertiary/aromatic N) is 3. The molecule has 4 saturated carbocycles. The van der Waals surface area contributed by atoms with Gasteiger partial charge in [0, 0.05) is 24.3 Å². The van der Waals surface area contributed by atoms with Crippen LogP contribution in [0.2, 0.25) is 0 Å². The van der Waals surface area contributed by atoms with Crippen molar-refractivity contribution in [2.75, 3.05) is 0 Å². The molecular weight excluding hydrogens is 270 g/mol. The van der Waals surface area contributed by atoms with Gasteiger partial charge < -0.3 is 0 Å². The average molecular weight is 283 g/mol. The Bertz CT molecular complexity index is 964. The van der Waals surface area contributed by atoms with Crippen LogP contribution in [0, 0.1) is 34.5 Å². The van der Waals surface area contributed by atoms with Crippen LogP contribution in [0.1, 0.15) is 18.5 Å². The van der Waals surface area contributed by atoms with Crippen LogP contribution in [0.4, 0.5) is 0 Å². The smallest absolute Gasteiger partial charge is 0.295 e. The van der Waals surface area contributed by atoms with Crippen molar-refractivity contribution in [3.63, 3.8) is 0 Å². The summed E-state index contributed by atoms with van der Waals surface area (Å²) in [7, 11) is 1.56. The van der Waals surface area contributed by atoms with E-state index in [1.54, 1.807) is 22.5 Å². The van der Waals surface area contributed by atoms with Crippen molar-refractivity contribution in [3.05, 3.63) is 33.1 Å². The average Bonchev–Trinajstić information content (AvgIpc) is 3.23. The molecule has 0 aromatic carbocycles. The molecule has 21 heavy (non-hydrogen) atoms. The third-order valence-corrected chi connectivity index (χ3v) is 7.85. The molecule has 0 amide bonds. The van der Waals surface area contributed by atoms with Gasteiger partial charge in [0.15, 0.2) is 5.78 Å². The first-order valence-electron chi connectivity index (χ1n) is 7.69. The number of aromatic nitrogens is 3. The lowest BCUT2D eigenvalue weighted by Crippen LogP contribution is -2.53. The van der Waals surface area contributed by atoms with Crippen LogP contribution in [0.15, 0.2) is 21.7 Å². The molecule has 2 spiro atoms. The van der Waals surface area contributed by atoms with Gasteiger partial charge in [0.1, 0.15) is 0 Å². The van der Waals surface area contributed by atoms with Crippen LogP contribution in [-0.4, -0.2) is 19.7 Å². The maximum Gasteiger partial charge on any atom is 0.347 e. The van der Waals surface area contributed by atoms with Gasteiger partial charge in [-0.05, 0) is 29.7 Å². The number of carbonyl (C=O) groups is 1. The van der Waals surface area contributed by atoms with Crippen molar-refractivity contribution >= 4 is 5.78 Å². The fourth-order valence-corrected chi connectivity index (χ4v) is 7.67. The summed E-state index contributed by atoms with van der Waals surface area (Å²) in [6.45, 7) is 0. The number of ketones is 1. The summed E-state index contributed by atoms with van der Waals surface area (Å²) in [6.07, 6.45) is 4.41. The normalized spacial score (nSPS) is 58.2. The predicted molar refractivity (Wildman–Crippen MR) is 69.6 cm³/mol. The topological polar surface area (TPSA) is 66.0 Å². The molecule has 0 N–H and O–H groups in total. The van der Waals surface area contributed by atoms with E-state index >= 15 is 0 Å². The number of hydrogen-bond donors (Lipinski definition) is 0. The summed E-state index contributed by atoms with van der Waals surface area (Å²) in [5, 5.41) is 0. The van der Waals surface area contributed by atoms with Gasteiger partial charge in [-0.3, -0.25) is 4.79 Å². The summed E-state index contributed by atoms with van der Waals surface area (Å²) in [4.78, 5) is 37.0. The van der Waals surface area contributed by atoms with E-state index in [1.807, 2.05) is 0 Å². The minimum atomic E-state index is -0.198. The van der Waals surface area contributed by atoms with Gasteiger partial charge in [-0.1, -0.05) is 6.08 Å². The van der Waals surface area contributed by atoms with Crippen LogP contribution >= 0.6 is 0 Å². The Kier molecular flexibility index (Phi) is 1.05. The van der Waals surface area contributed by atoms with E-state index in [0.29, 0.717) is 30.1 Å². The minimum absolute atomic E-state index is 0.00722. The first-order chi connectivity index (χ1) is 10.1. The summed E-state index contributed by atoms with van der Waals surface area (Å²) < 4.78 is 4.71. The van der Waals surface area contributed by atoms with E-state index in [-0.39, 0.29) is 40.1 Å². The molecule has 2 aliphatic heterocycles. The molecule has 1 aromatic rings. The molecule has 6 heteroatoms. The Morgan fingerprint density at radius 3 is 2.48 bits per heavy atom. The second kappa shape index (κ2) is 2.21. The lowest BCUT2D eigenvalue weighted by Gasteiger charge is -2.48. The van der Waals surface area contributed by atoms with Crippen molar-refractivity contribution in [2.45, 2.75) is 18.5 Å². The Balaban J connectivity index is 1.68. The largest absolute Gasteiger partial charge is 0.347 e. The summed E-state index contributed by atoms with van der Waals surface area (Å²) in [6, 6.07) is 0.200. The van der Waals surface area contributed by atoms with Crippen molar-refractivity contribution in [2.24, 2.45) is 41.5 Å². The fraction of sp³-hybridized carbons (Fsp3) is 0.667. The lowest BCUT2D eigenvalue weighted by molar-refractivity contribution is -0.119. The van der Waals surface area contributed by atoms with E-state index in [2.05, 4.69) is 6.08 Å². The molecular formula is C15H13N3O3. The van der Waals surface area contributed by atoms with Crippen LogP contribution in [0.3, 0.4) is 0 Å². The molecule has 8 atom stereocenters. The Morgan fingerprint density at radius 1 is 1.05 bits per heavy atom. The third-order valence-electron chi connectivity index (χ3n) is 7.85. The maximum absolute atomic E-state index is 12.5. The SMILES string of the molecule is Cn1c(=O)n2n(c1=O)[C@@H]1[C@@H]3[C@@H]4[C@H]3[C@H]3[C@@]5(C=CC(=O)C[C@]135)[C@H]42. The molecule has 8 rings (SSSR count). The van der Waals surface area contributed by atoms with Gasteiger partial charge >= 0.3 is 11.4 Å². The van der Waals surface area contributed by atoms with Crippen molar-refractivity contribution < 1.29 is 4.79 Å². The highest BCUT2D eigenvalue weighted by Crippen LogP contribution is 3.03. The summed E-state index contributed by atoms with van der Waals surface area (Å²) in [5.74, 6) is 2.48. The van der Waals surface area contributed by atoms with Crippen LogP contribution in [-0.2, 0) is 11.8 Å². The summed E-state index contributed by atoms with van der Waals surface area (Å²) in [5.41, 5.74) is -0.407. The molecule has 0 radical (unpaired) electrons. The van der Waals surface area contributed by atoms with E-state index in [4.69, 9.17) is 0 Å². The first kappa shape index (κ1) is 9.97.